The SMILES string of the molecule is CCN(C(=O)CN(CCc1cccc(OC)c1)C(C)=O)c1cccc(C)c1. The molecule has 0 radical (unpaired) electrons. The highest BCUT2D eigenvalue weighted by Crippen LogP contribution is 2.17. The highest BCUT2D eigenvalue weighted by Gasteiger charge is 2.19. The summed E-state index contributed by atoms with van der Waals surface area (Å²) in [5.41, 5.74) is 3.03. The van der Waals surface area contributed by atoms with Gasteiger partial charge in [0.2, 0.25) is 11.8 Å². The second-order valence-corrected chi connectivity index (χ2v) is 6.52. The molecule has 0 spiro atoms. The zero-order valence-electron chi connectivity index (χ0n) is 16.6. The highest BCUT2D eigenvalue weighted by molar-refractivity contribution is 5.96. The van der Waals surface area contributed by atoms with Crippen LogP contribution in [0, 0.1) is 6.92 Å². The van der Waals surface area contributed by atoms with E-state index >= 15 is 0 Å². The summed E-state index contributed by atoms with van der Waals surface area (Å²) in [5, 5.41) is 0. The van der Waals surface area contributed by atoms with Crippen molar-refractivity contribution in [2.24, 2.45) is 0 Å². The van der Waals surface area contributed by atoms with Crippen molar-refractivity contribution in [3.8, 4) is 5.75 Å². The van der Waals surface area contributed by atoms with Crippen molar-refractivity contribution >= 4 is 17.5 Å². The van der Waals surface area contributed by atoms with E-state index in [4.69, 9.17) is 4.74 Å². The molecule has 27 heavy (non-hydrogen) atoms. The number of carbonyl (C=O) groups excluding carboxylic acids is 2. The number of likely N-dealkylation sites (N-methyl/N-ethyl adjacent to an activating group) is 1. The number of nitrogens with zero attached hydrogens (tertiary/aromatic N) is 2. The van der Waals surface area contributed by atoms with Gasteiger partial charge in [-0.1, -0.05) is 24.3 Å². The second kappa shape index (κ2) is 9.76. The summed E-state index contributed by atoms with van der Waals surface area (Å²) < 4.78 is 5.24. The topological polar surface area (TPSA) is 49.9 Å². The highest BCUT2D eigenvalue weighted by atomic mass is 16.5. The Morgan fingerprint density at radius 2 is 1.81 bits per heavy atom. The van der Waals surface area contributed by atoms with Gasteiger partial charge < -0.3 is 14.5 Å². The smallest absolute Gasteiger partial charge is 0.246 e. The molecule has 0 fully saturated rings. The third-order valence-corrected chi connectivity index (χ3v) is 4.51. The van der Waals surface area contributed by atoms with Gasteiger partial charge in [-0.15, -0.1) is 0 Å². The van der Waals surface area contributed by atoms with Gasteiger partial charge in [-0.25, -0.2) is 0 Å². The first-order valence-electron chi connectivity index (χ1n) is 9.20. The van der Waals surface area contributed by atoms with Crippen LogP contribution in [-0.2, 0) is 16.0 Å². The van der Waals surface area contributed by atoms with Crippen LogP contribution >= 0.6 is 0 Å². The van der Waals surface area contributed by atoms with E-state index in [2.05, 4.69) is 0 Å². The molecule has 0 aliphatic rings. The number of amides is 2. The van der Waals surface area contributed by atoms with Crippen LogP contribution in [0.5, 0.6) is 5.75 Å². The van der Waals surface area contributed by atoms with Crippen molar-refractivity contribution in [2.75, 3.05) is 31.6 Å². The number of rotatable bonds is 8. The molecule has 0 N–H and O–H groups in total. The molecule has 0 aromatic heterocycles. The van der Waals surface area contributed by atoms with Gasteiger partial charge in [0.25, 0.3) is 0 Å². The largest absolute Gasteiger partial charge is 0.497 e. The fraction of sp³-hybridized carbons (Fsp3) is 0.364. The van der Waals surface area contributed by atoms with Gasteiger partial charge in [-0.05, 0) is 55.7 Å². The number of methoxy groups -OCH3 is 1. The fourth-order valence-corrected chi connectivity index (χ4v) is 2.99. The van der Waals surface area contributed by atoms with Crippen LogP contribution in [0.15, 0.2) is 48.5 Å². The summed E-state index contributed by atoms with van der Waals surface area (Å²) in [6, 6.07) is 15.6. The van der Waals surface area contributed by atoms with E-state index in [1.54, 1.807) is 16.9 Å². The Bertz CT molecular complexity index is 789. The van der Waals surface area contributed by atoms with Crippen molar-refractivity contribution in [1.29, 1.82) is 0 Å². The van der Waals surface area contributed by atoms with Crippen LogP contribution in [-0.4, -0.2) is 43.5 Å². The zero-order chi connectivity index (χ0) is 19.8. The number of hydrogen-bond donors (Lipinski definition) is 0. The standard InChI is InChI=1S/C22H28N2O3/c1-5-24(20-10-6-8-17(2)14-20)22(26)16-23(18(3)25)13-12-19-9-7-11-21(15-19)27-4/h6-11,14-15H,5,12-13,16H2,1-4H3. The molecule has 5 nitrogen and oxygen atoms in total. The molecule has 0 aliphatic heterocycles. The first-order valence-corrected chi connectivity index (χ1v) is 9.20. The molecule has 0 aliphatic carbocycles. The Hall–Kier alpha value is -2.82. The molecule has 5 heteroatoms. The second-order valence-electron chi connectivity index (χ2n) is 6.52. The summed E-state index contributed by atoms with van der Waals surface area (Å²) in [4.78, 5) is 28.2. The van der Waals surface area contributed by atoms with E-state index in [1.165, 1.54) is 6.92 Å². The van der Waals surface area contributed by atoms with Gasteiger partial charge in [0, 0.05) is 25.7 Å². The summed E-state index contributed by atoms with van der Waals surface area (Å²) in [7, 11) is 1.63. The molecule has 0 saturated heterocycles. The fourth-order valence-electron chi connectivity index (χ4n) is 2.99. The quantitative estimate of drug-likeness (QED) is 0.717. The maximum Gasteiger partial charge on any atom is 0.246 e. The first kappa shape index (κ1) is 20.5. The summed E-state index contributed by atoms with van der Waals surface area (Å²) >= 11 is 0. The first-order chi connectivity index (χ1) is 12.9. The van der Waals surface area contributed by atoms with Crippen LogP contribution in [0.25, 0.3) is 0 Å². The van der Waals surface area contributed by atoms with Crippen molar-refractivity contribution in [3.63, 3.8) is 0 Å². The van der Waals surface area contributed by atoms with Crippen molar-refractivity contribution in [3.05, 3.63) is 59.7 Å². The molecule has 2 aromatic rings. The number of hydrogen-bond acceptors (Lipinski definition) is 3. The minimum Gasteiger partial charge on any atom is -0.497 e. The molecule has 144 valence electrons. The molecular weight excluding hydrogens is 340 g/mol. The third kappa shape index (κ3) is 5.84. The van der Waals surface area contributed by atoms with E-state index in [1.807, 2.05) is 62.4 Å². The predicted molar refractivity (Wildman–Crippen MR) is 108 cm³/mol. The Kier molecular flexibility index (Phi) is 7.41. The van der Waals surface area contributed by atoms with Crippen molar-refractivity contribution < 1.29 is 14.3 Å². The van der Waals surface area contributed by atoms with Crippen molar-refractivity contribution in [1.82, 2.24) is 4.90 Å². The molecule has 0 heterocycles. The average Bonchev–Trinajstić information content (AvgIpc) is 2.65. The lowest BCUT2D eigenvalue weighted by atomic mass is 10.1. The molecule has 2 amide bonds. The Morgan fingerprint density at radius 3 is 2.44 bits per heavy atom. The van der Waals surface area contributed by atoms with Gasteiger partial charge in [0.05, 0.1) is 7.11 Å². The lowest BCUT2D eigenvalue weighted by Crippen LogP contribution is -2.43. The molecule has 0 bridgehead atoms. The van der Waals surface area contributed by atoms with Crippen LogP contribution in [0.1, 0.15) is 25.0 Å². The zero-order valence-corrected chi connectivity index (χ0v) is 16.6. The molecule has 0 atom stereocenters. The maximum absolute atomic E-state index is 12.8. The van der Waals surface area contributed by atoms with Crippen LogP contribution in [0.3, 0.4) is 0 Å². The predicted octanol–water partition coefficient (Wildman–Crippen LogP) is 3.45. The normalized spacial score (nSPS) is 10.4. The lowest BCUT2D eigenvalue weighted by molar-refractivity contribution is -0.133. The molecule has 2 aromatic carbocycles. The van der Waals surface area contributed by atoms with Gasteiger partial charge in [-0.2, -0.15) is 0 Å². The molecule has 2 rings (SSSR count). The minimum absolute atomic E-state index is 0.0705. The Morgan fingerprint density at radius 1 is 1.07 bits per heavy atom. The minimum atomic E-state index is -0.105. The number of aryl methyl sites for hydroxylation is 1. The van der Waals surface area contributed by atoms with Crippen LogP contribution in [0.2, 0.25) is 0 Å². The number of anilines is 1. The third-order valence-electron chi connectivity index (χ3n) is 4.51. The van der Waals surface area contributed by atoms with Crippen LogP contribution < -0.4 is 9.64 Å². The number of carbonyl (C=O) groups is 2. The maximum atomic E-state index is 12.8. The lowest BCUT2D eigenvalue weighted by Gasteiger charge is -2.26. The molecular formula is C22H28N2O3. The number of benzene rings is 2. The van der Waals surface area contributed by atoms with E-state index in [-0.39, 0.29) is 18.4 Å². The monoisotopic (exact) mass is 368 g/mol. The molecule has 0 saturated carbocycles. The van der Waals surface area contributed by atoms with E-state index in [0.29, 0.717) is 19.5 Å². The molecule has 0 unspecified atom stereocenters. The Labute approximate surface area is 161 Å². The van der Waals surface area contributed by atoms with E-state index in [0.717, 1.165) is 22.6 Å². The van der Waals surface area contributed by atoms with E-state index in [9.17, 15) is 9.59 Å². The average molecular weight is 368 g/mol. The van der Waals surface area contributed by atoms with Crippen molar-refractivity contribution in [2.45, 2.75) is 27.2 Å². The van der Waals surface area contributed by atoms with Gasteiger partial charge in [-0.3, -0.25) is 9.59 Å². The Balaban J connectivity index is 2.05. The summed E-state index contributed by atoms with van der Waals surface area (Å²) in [6.07, 6.45) is 0.667. The summed E-state index contributed by atoms with van der Waals surface area (Å²) in [5.74, 6) is 0.602. The van der Waals surface area contributed by atoms with Gasteiger partial charge in [0.1, 0.15) is 12.3 Å². The van der Waals surface area contributed by atoms with Gasteiger partial charge >= 0.3 is 0 Å². The van der Waals surface area contributed by atoms with E-state index < -0.39 is 0 Å². The van der Waals surface area contributed by atoms with Crippen LogP contribution in [0.4, 0.5) is 5.69 Å². The summed E-state index contributed by atoms with van der Waals surface area (Å²) in [6.45, 7) is 6.55. The number of ether oxygens (including phenoxy) is 1. The van der Waals surface area contributed by atoms with Gasteiger partial charge in [0.15, 0.2) is 0 Å².